The molecule has 8 nitrogen and oxygen atoms in total. The second kappa shape index (κ2) is 10.8. The predicted octanol–water partition coefficient (Wildman–Crippen LogP) is 2.94. The molecule has 1 atom stereocenters. The number of ether oxygens (including phenoxy) is 1. The van der Waals surface area contributed by atoms with Crippen LogP contribution in [0.4, 0.5) is 8.78 Å². The van der Waals surface area contributed by atoms with Crippen molar-refractivity contribution in [2.45, 2.75) is 25.8 Å². The fourth-order valence-corrected chi connectivity index (χ4v) is 3.75. The summed E-state index contributed by atoms with van der Waals surface area (Å²) in [6, 6.07) is 8.63. The Morgan fingerprint density at radius 3 is 2.46 bits per heavy atom. The van der Waals surface area contributed by atoms with E-state index in [9.17, 15) is 18.4 Å². The zero-order valence-electron chi connectivity index (χ0n) is 19.2. The molecule has 6 N–H and O–H groups in total. The van der Waals surface area contributed by atoms with Crippen LogP contribution in [0.15, 0.2) is 66.0 Å². The van der Waals surface area contributed by atoms with Gasteiger partial charge in [-0.25, -0.2) is 8.78 Å². The lowest BCUT2D eigenvalue weighted by molar-refractivity contribution is -0.128. The van der Waals surface area contributed by atoms with Crippen LogP contribution < -0.4 is 21.5 Å². The number of amides is 2. The summed E-state index contributed by atoms with van der Waals surface area (Å²) in [5.41, 5.74) is 12.0. The van der Waals surface area contributed by atoms with E-state index in [0.29, 0.717) is 36.7 Å². The number of carbonyl (C=O) groups is 2. The van der Waals surface area contributed by atoms with E-state index in [0.717, 1.165) is 18.6 Å². The standard InChI is InChI=1S/C25H27F2N5O3/c1-14(2)25(34)32-11-3-4-17(13-32)31-23(29)21(24(30)33)22(28)15-5-8-18(9-6-15)35-20-10-7-16(26)12-19(20)27/h5-10,12,17,28,31H,1,3-4,11,13,29H2,2H3,(H2,30,33)/b23-21+,28-22?/t17-/m1/s1. The second-order valence-electron chi connectivity index (χ2n) is 8.24. The molecule has 2 aromatic rings. The molecule has 1 saturated heterocycles. The normalized spacial score (nSPS) is 16.2. The van der Waals surface area contributed by atoms with Gasteiger partial charge in [0.2, 0.25) is 5.91 Å². The maximum absolute atomic E-state index is 13.8. The number of halogens is 2. The van der Waals surface area contributed by atoms with Gasteiger partial charge in [-0.15, -0.1) is 0 Å². The van der Waals surface area contributed by atoms with Crippen molar-refractivity contribution < 1.29 is 23.1 Å². The van der Waals surface area contributed by atoms with Crippen LogP contribution in [-0.4, -0.2) is 41.6 Å². The van der Waals surface area contributed by atoms with Crippen molar-refractivity contribution in [3.63, 3.8) is 0 Å². The van der Waals surface area contributed by atoms with Crippen LogP contribution >= 0.6 is 0 Å². The number of benzene rings is 2. The molecular weight excluding hydrogens is 456 g/mol. The third-order valence-corrected chi connectivity index (χ3v) is 5.46. The number of nitrogens with one attached hydrogen (secondary N) is 2. The predicted molar refractivity (Wildman–Crippen MR) is 128 cm³/mol. The van der Waals surface area contributed by atoms with Crippen molar-refractivity contribution in [3.8, 4) is 11.5 Å². The van der Waals surface area contributed by atoms with Crippen molar-refractivity contribution in [1.82, 2.24) is 10.2 Å². The lowest BCUT2D eigenvalue weighted by Gasteiger charge is -2.34. The van der Waals surface area contributed by atoms with E-state index in [4.69, 9.17) is 21.6 Å². The highest BCUT2D eigenvalue weighted by Gasteiger charge is 2.26. The van der Waals surface area contributed by atoms with Gasteiger partial charge in [0.05, 0.1) is 5.71 Å². The third kappa shape index (κ3) is 6.23. The van der Waals surface area contributed by atoms with E-state index in [1.165, 1.54) is 24.3 Å². The molecule has 0 spiro atoms. The fraction of sp³-hybridized carbons (Fsp3) is 0.240. The van der Waals surface area contributed by atoms with Crippen LogP contribution in [0.3, 0.4) is 0 Å². The first-order valence-corrected chi connectivity index (χ1v) is 10.9. The van der Waals surface area contributed by atoms with Gasteiger partial charge in [-0.05, 0) is 56.2 Å². The number of nitrogens with zero attached hydrogens (tertiary/aromatic N) is 1. The molecule has 0 unspecified atom stereocenters. The summed E-state index contributed by atoms with van der Waals surface area (Å²) < 4.78 is 32.3. The van der Waals surface area contributed by atoms with Gasteiger partial charge in [0, 0.05) is 36.3 Å². The molecule has 3 rings (SSSR count). The largest absolute Gasteiger partial charge is 0.454 e. The summed E-state index contributed by atoms with van der Waals surface area (Å²) in [5.74, 6) is -2.60. The van der Waals surface area contributed by atoms with E-state index in [1.54, 1.807) is 11.8 Å². The summed E-state index contributed by atoms with van der Waals surface area (Å²) in [6.45, 7) is 6.30. The van der Waals surface area contributed by atoms with E-state index < -0.39 is 17.5 Å². The van der Waals surface area contributed by atoms with Crippen LogP contribution in [0.5, 0.6) is 11.5 Å². The summed E-state index contributed by atoms with van der Waals surface area (Å²) in [4.78, 5) is 26.1. The van der Waals surface area contributed by atoms with Crippen molar-refractivity contribution in [2.24, 2.45) is 11.5 Å². The van der Waals surface area contributed by atoms with Crippen LogP contribution in [0, 0.1) is 17.0 Å². The number of rotatable bonds is 8. The summed E-state index contributed by atoms with van der Waals surface area (Å²) >= 11 is 0. The number of likely N-dealkylation sites (tertiary alicyclic amines) is 1. The minimum atomic E-state index is -0.889. The number of piperidine rings is 1. The molecule has 0 saturated carbocycles. The Kier molecular flexibility index (Phi) is 7.85. The van der Waals surface area contributed by atoms with Gasteiger partial charge in [-0.1, -0.05) is 6.58 Å². The molecule has 0 aromatic heterocycles. The fourth-order valence-electron chi connectivity index (χ4n) is 3.75. The first kappa shape index (κ1) is 25.4. The zero-order valence-corrected chi connectivity index (χ0v) is 19.2. The topological polar surface area (TPSA) is 135 Å². The van der Waals surface area contributed by atoms with Crippen molar-refractivity contribution in [2.75, 3.05) is 13.1 Å². The number of hydrogen-bond donors (Lipinski definition) is 4. The Balaban J connectivity index is 1.75. The number of nitrogens with two attached hydrogens (primary N) is 2. The molecule has 1 heterocycles. The maximum Gasteiger partial charge on any atom is 0.254 e. The lowest BCUT2D eigenvalue weighted by atomic mass is 10.0. The van der Waals surface area contributed by atoms with Crippen molar-refractivity contribution in [1.29, 1.82) is 5.41 Å². The van der Waals surface area contributed by atoms with E-state index >= 15 is 0 Å². The average Bonchev–Trinajstić information content (AvgIpc) is 2.80. The minimum Gasteiger partial charge on any atom is -0.454 e. The average molecular weight is 484 g/mol. The molecule has 1 fully saturated rings. The second-order valence-corrected chi connectivity index (χ2v) is 8.24. The zero-order chi connectivity index (χ0) is 25.7. The van der Waals surface area contributed by atoms with Crippen LogP contribution in [0.2, 0.25) is 0 Å². The Labute approximate surface area is 201 Å². The Morgan fingerprint density at radius 1 is 1.17 bits per heavy atom. The molecule has 1 aliphatic heterocycles. The van der Waals surface area contributed by atoms with Crippen molar-refractivity contribution >= 4 is 17.5 Å². The summed E-state index contributed by atoms with van der Waals surface area (Å²) in [7, 11) is 0. The number of primary amides is 1. The highest BCUT2D eigenvalue weighted by Crippen LogP contribution is 2.26. The van der Waals surface area contributed by atoms with E-state index in [-0.39, 0.29) is 40.6 Å². The van der Waals surface area contributed by atoms with Crippen molar-refractivity contribution in [3.05, 3.63) is 83.2 Å². The van der Waals surface area contributed by atoms with Crippen LogP contribution in [-0.2, 0) is 9.59 Å². The van der Waals surface area contributed by atoms with Gasteiger partial charge in [0.1, 0.15) is 23.0 Å². The van der Waals surface area contributed by atoms with E-state index in [2.05, 4.69) is 11.9 Å². The quantitative estimate of drug-likeness (QED) is 0.338. The Morgan fingerprint density at radius 2 is 1.86 bits per heavy atom. The molecule has 35 heavy (non-hydrogen) atoms. The molecule has 0 aliphatic carbocycles. The van der Waals surface area contributed by atoms with Crippen LogP contribution in [0.1, 0.15) is 25.3 Å². The molecule has 1 aliphatic rings. The molecule has 0 bridgehead atoms. The third-order valence-electron chi connectivity index (χ3n) is 5.46. The van der Waals surface area contributed by atoms with Gasteiger partial charge in [-0.2, -0.15) is 0 Å². The smallest absolute Gasteiger partial charge is 0.254 e. The van der Waals surface area contributed by atoms with Gasteiger partial charge in [0.25, 0.3) is 5.91 Å². The van der Waals surface area contributed by atoms with Gasteiger partial charge in [0.15, 0.2) is 11.6 Å². The van der Waals surface area contributed by atoms with E-state index in [1.807, 2.05) is 0 Å². The Hall–Kier alpha value is -4.21. The highest BCUT2D eigenvalue weighted by molar-refractivity contribution is 6.26. The summed E-state index contributed by atoms with van der Waals surface area (Å²) in [5, 5.41) is 11.5. The number of carbonyl (C=O) groups excluding carboxylic acids is 2. The number of hydrogen-bond acceptors (Lipinski definition) is 6. The Bertz CT molecular complexity index is 1190. The monoisotopic (exact) mass is 483 g/mol. The van der Waals surface area contributed by atoms with Gasteiger partial charge < -0.3 is 26.4 Å². The summed E-state index contributed by atoms with van der Waals surface area (Å²) in [6.07, 6.45) is 1.45. The maximum atomic E-state index is 13.8. The molecule has 184 valence electrons. The highest BCUT2D eigenvalue weighted by atomic mass is 19.1. The van der Waals surface area contributed by atoms with Crippen LogP contribution in [0.25, 0.3) is 0 Å². The van der Waals surface area contributed by atoms with Gasteiger partial charge >= 0.3 is 0 Å². The first-order chi connectivity index (χ1) is 16.6. The molecular formula is C25H27F2N5O3. The molecule has 0 radical (unpaired) electrons. The molecule has 2 aromatic carbocycles. The van der Waals surface area contributed by atoms with Gasteiger partial charge in [-0.3, -0.25) is 15.0 Å². The molecule has 2 amide bonds. The SMILES string of the molecule is C=C(C)C(=O)N1CCC[C@@H](N/C(N)=C(\C(=N)c2ccc(Oc3ccc(F)cc3F)cc2)C(N)=O)C1. The lowest BCUT2D eigenvalue weighted by Crippen LogP contribution is -2.49. The molecule has 10 heteroatoms. The first-order valence-electron chi connectivity index (χ1n) is 10.9. The minimum absolute atomic E-state index is 0.0640.